The van der Waals surface area contributed by atoms with Crippen molar-refractivity contribution in [3.05, 3.63) is 24.3 Å². The van der Waals surface area contributed by atoms with Crippen LogP contribution in [0.2, 0.25) is 0 Å². The third kappa shape index (κ3) is 5.61. The van der Waals surface area contributed by atoms with Gasteiger partial charge in [-0.05, 0) is 49.9 Å². The van der Waals surface area contributed by atoms with Gasteiger partial charge in [0.25, 0.3) is 0 Å². The Bertz CT molecular complexity index is 675. The molecule has 1 aromatic rings. The zero-order valence-electron chi connectivity index (χ0n) is 17.3. The first kappa shape index (κ1) is 21.4. The van der Waals surface area contributed by atoms with Crippen molar-refractivity contribution in [3.63, 3.8) is 0 Å². The number of likely N-dealkylation sites (tertiary alicyclic amines) is 1. The second-order valence-corrected chi connectivity index (χ2v) is 7.48. The van der Waals surface area contributed by atoms with E-state index >= 15 is 0 Å². The van der Waals surface area contributed by atoms with E-state index in [1.165, 1.54) is 7.11 Å². The number of anilines is 1. The molecule has 3 amide bonds. The van der Waals surface area contributed by atoms with E-state index in [9.17, 15) is 9.59 Å². The van der Waals surface area contributed by atoms with Crippen molar-refractivity contribution in [1.29, 1.82) is 0 Å². The quantitative estimate of drug-likeness (QED) is 0.786. The summed E-state index contributed by atoms with van der Waals surface area (Å²) in [6, 6.07) is 7.24. The molecule has 1 unspecified atom stereocenters. The van der Waals surface area contributed by atoms with Gasteiger partial charge in [-0.3, -0.25) is 4.79 Å². The number of nitrogens with zero attached hydrogens (tertiary/aromatic N) is 2. The second-order valence-electron chi connectivity index (χ2n) is 7.48. The van der Waals surface area contributed by atoms with Gasteiger partial charge in [0.05, 0.1) is 7.11 Å². The number of piperidine rings is 1. The van der Waals surface area contributed by atoms with Crippen LogP contribution in [-0.2, 0) is 14.3 Å². The van der Waals surface area contributed by atoms with Crippen molar-refractivity contribution in [1.82, 2.24) is 9.80 Å². The average Bonchev–Trinajstić information content (AvgIpc) is 2.75. The predicted octanol–water partition coefficient (Wildman–Crippen LogP) is 2.35. The number of hydrogen-bond acceptors (Lipinski definition) is 5. The number of amides is 3. The molecule has 8 nitrogen and oxygen atoms in total. The molecule has 0 saturated carbocycles. The Hall–Kier alpha value is -2.32. The lowest BCUT2D eigenvalue weighted by molar-refractivity contribution is -0.143. The Morgan fingerprint density at radius 3 is 2.52 bits per heavy atom. The summed E-state index contributed by atoms with van der Waals surface area (Å²) in [6.07, 6.45) is 3.40. The topological polar surface area (TPSA) is 80.3 Å². The molecule has 3 rings (SSSR count). The zero-order valence-corrected chi connectivity index (χ0v) is 17.3. The van der Waals surface area contributed by atoms with Gasteiger partial charge in [-0.2, -0.15) is 0 Å². The van der Waals surface area contributed by atoms with Crippen LogP contribution in [0.4, 0.5) is 10.5 Å². The monoisotopic (exact) mass is 405 g/mol. The van der Waals surface area contributed by atoms with Crippen molar-refractivity contribution >= 4 is 17.6 Å². The van der Waals surface area contributed by atoms with Gasteiger partial charge >= 0.3 is 6.03 Å². The Morgan fingerprint density at radius 2 is 1.86 bits per heavy atom. The van der Waals surface area contributed by atoms with Crippen LogP contribution in [0.3, 0.4) is 0 Å². The van der Waals surface area contributed by atoms with Crippen LogP contribution in [0, 0.1) is 0 Å². The summed E-state index contributed by atoms with van der Waals surface area (Å²) in [4.78, 5) is 29.3. The van der Waals surface area contributed by atoms with E-state index in [0.29, 0.717) is 26.3 Å². The molecule has 2 heterocycles. The van der Waals surface area contributed by atoms with Crippen molar-refractivity contribution in [2.45, 2.75) is 37.8 Å². The van der Waals surface area contributed by atoms with Crippen molar-refractivity contribution in [2.75, 3.05) is 52.4 Å². The van der Waals surface area contributed by atoms with Crippen LogP contribution in [0.1, 0.15) is 25.7 Å². The molecule has 2 aliphatic rings. The standard InChI is InChI=1S/C21H31N3O5/c1-27-15-20(25)24(17-9-12-29-13-10-17)18-4-3-11-23(14-18)21(26)22-16-5-7-19(28-2)8-6-16/h5-8,17-18H,3-4,9-15H2,1-2H3,(H,22,26). The predicted molar refractivity (Wildman–Crippen MR) is 109 cm³/mol. The van der Waals surface area contributed by atoms with Gasteiger partial charge in [0, 0.05) is 51.2 Å². The van der Waals surface area contributed by atoms with E-state index in [1.54, 1.807) is 12.0 Å². The van der Waals surface area contributed by atoms with E-state index in [1.807, 2.05) is 29.2 Å². The minimum Gasteiger partial charge on any atom is -0.497 e. The highest BCUT2D eigenvalue weighted by Gasteiger charge is 2.35. The lowest BCUT2D eigenvalue weighted by Crippen LogP contribution is -2.57. The first-order chi connectivity index (χ1) is 14.1. The fourth-order valence-electron chi connectivity index (χ4n) is 4.11. The SMILES string of the molecule is COCC(=O)N(C1CCOCC1)C1CCCN(C(=O)Nc2ccc(OC)cc2)C1. The number of rotatable bonds is 6. The minimum absolute atomic E-state index is 0.00360. The Kier molecular flexibility index (Phi) is 7.71. The Balaban J connectivity index is 1.65. The largest absolute Gasteiger partial charge is 0.497 e. The summed E-state index contributed by atoms with van der Waals surface area (Å²) in [5.41, 5.74) is 0.717. The third-order valence-electron chi connectivity index (χ3n) is 5.56. The smallest absolute Gasteiger partial charge is 0.321 e. The maximum Gasteiger partial charge on any atom is 0.321 e. The molecule has 2 aliphatic heterocycles. The maximum absolute atomic E-state index is 12.8. The lowest BCUT2D eigenvalue weighted by atomic mass is 9.98. The van der Waals surface area contributed by atoms with Crippen molar-refractivity contribution in [3.8, 4) is 5.75 Å². The van der Waals surface area contributed by atoms with Gasteiger partial charge in [-0.15, -0.1) is 0 Å². The molecule has 0 radical (unpaired) electrons. The van der Waals surface area contributed by atoms with Crippen LogP contribution < -0.4 is 10.1 Å². The van der Waals surface area contributed by atoms with Crippen LogP contribution in [0.15, 0.2) is 24.3 Å². The summed E-state index contributed by atoms with van der Waals surface area (Å²) in [7, 11) is 3.14. The molecule has 1 N–H and O–H groups in total. The van der Waals surface area contributed by atoms with Crippen molar-refractivity contribution < 1.29 is 23.8 Å². The van der Waals surface area contributed by atoms with E-state index in [-0.39, 0.29) is 30.6 Å². The van der Waals surface area contributed by atoms with Gasteiger partial charge in [0.2, 0.25) is 5.91 Å². The summed E-state index contributed by atoms with van der Waals surface area (Å²) in [5, 5.41) is 2.94. The number of methoxy groups -OCH3 is 2. The van der Waals surface area contributed by atoms with Crippen molar-refractivity contribution in [2.24, 2.45) is 0 Å². The lowest BCUT2D eigenvalue weighted by Gasteiger charge is -2.44. The molecule has 0 spiro atoms. The number of benzene rings is 1. The third-order valence-corrected chi connectivity index (χ3v) is 5.56. The molecule has 160 valence electrons. The van der Waals surface area contributed by atoms with Gasteiger partial charge < -0.3 is 29.3 Å². The average molecular weight is 405 g/mol. The molecule has 8 heteroatoms. The van der Waals surface area contributed by atoms with E-state index in [2.05, 4.69) is 5.32 Å². The normalized spacial score (nSPS) is 20.2. The molecule has 2 fully saturated rings. The summed E-state index contributed by atoms with van der Waals surface area (Å²) in [6.45, 7) is 2.59. The molecule has 0 bridgehead atoms. The maximum atomic E-state index is 12.8. The first-order valence-corrected chi connectivity index (χ1v) is 10.2. The summed E-state index contributed by atoms with van der Waals surface area (Å²) in [5.74, 6) is 0.728. The number of hydrogen-bond donors (Lipinski definition) is 1. The molecular formula is C21H31N3O5. The first-order valence-electron chi connectivity index (χ1n) is 10.2. The fourth-order valence-corrected chi connectivity index (χ4v) is 4.11. The highest BCUT2D eigenvalue weighted by atomic mass is 16.5. The molecule has 29 heavy (non-hydrogen) atoms. The molecule has 2 saturated heterocycles. The van der Waals surface area contributed by atoms with Crippen LogP contribution in [-0.4, -0.2) is 81.0 Å². The number of nitrogens with one attached hydrogen (secondary N) is 1. The summed E-state index contributed by atoms with van der Waals surface area (Å²) >= 11 is 0. The number of urea groups is 1. The molecule has 1 atom stereocenters. The minimum atomic E-state index is -0.147. The van der Waals surface area contributed by atoms with E-state index in [4.69, 9.17) is 14.2 Å². The van der Waals surface area contributed by atoms with E-state index < -0.39 is 0 Å². The summed E-state index contributed by atoms with van der Waals surface area (Å²) < 4.78 is 15.7. The highest BCUT2D eigenvalue weighted by Crippen LogP contribution is 2.24. The zero-order chi connectivity index (χ0) is 20.6. The Labute approximate surface area is 172 Å². The molecular weight excluding hydrogens is 374 g/mol. The number of carbonyl (C=O) groups excluding carboxylic acids is 2. The van der Waals surface area contributed by atoms with Gasteiger partial charge in [-0.25, -0.2) is 4.79 Å². The van der Waals surface area contributed by atoms with Gasteiger partial charge in [-0.1, -0.05) is 0 Å². The van der Waals surface area contributed by atoms with Gasteiger partial charge in [0.1, 0.15) is 12.4 Å². The number of carbonyl (C=O) groups is 2. The van der Waals surface area contributed by atoms with Crippen LogP contribution in [0.5, 0.6) is 5.75 Å². The number of ether oxygens (including phenoxy) is 3. The Morgan fingerprint density at radius 1 is 1.14 bits per heavy atom. The fraction of sp³-hybridized carbons (Fsp3) is 0.619. The van der Waals surface area contributed by atoms with Crippen LogP contribution in [0.25, 0.3) is 0 Å². The van der Waals surface area contributed by atoms with E-state index in [0.717, 1.165) is 37.1 Å². The second kappa shape index (κ2) is 10.5. The highest BCUT2D eigenvalue weighted by molar-refractivity contribution is 5.89. The van der Waals surface area contributed by atoms with Crippen LogP contribution >= 0.6 is 0 Å². The molecule has 1 aromatic carbocycles. The molecule has 0 aliphatic carbocycles. The molecule has 0 aromatic heterocycles. The van der Waals surface area contributed by atoms with Gasteiger partial charge in [0.15, 0.2) is 0 Å².